The standard InChI is InChI=1S/C54H56N4O/c1-52(2,3)38-19-16-20-41(31-38)56-47-26-23-39(53(4,5)6)32-50(47)57(10)42-29-37(36-17-12-11-13-18-36)30-44(34-42)59-43-24-25-46-45-21-14-15-22-48(45)58(49(46)35-43)51-33-40(27-28-55-51)54(7,8)9/h11-35,56H,1-10H3. The average Bonchev–Trinajstić information content (AvgIpc) is 3.53. The van der Waals surface area contributed by atoms with Crippen LogP contribution in [0.4, 0.5) is 22.7 Å². The van der Waals surface area contributed by atoms with Crippen LogP contribution in [0.1, 0.15) is 79.0 Å². The van der Waals surface area contributed by atoms with Crippen molar-refractivity contribution in [1.82, 2.24) is 9.55 Å². The molecule has 0 fully saturated rings. The highest BCUT2D eigenvalue weighted by Crippen LogP contribution is 2.42. The zero-order valence-electron chi connectivity index (χ0n) is 36.2. The minimum atomic E-state index is -0.0366. The molecule has 5 nitrogen and oxygen atoms in total. The molecule has 0 radical (unpaired) electrons. The van der Waals surface area contributed by atoms with Crippen LogP contribution in [-0.2, 0) is 16.2 Å². The van der Waals surface area contributed by atoms with Crippen LogP contribution in [-0.4, -0.2) is 16.6 Å². The van der Waals surface area contributed by atoms with E-state index in [2.05, 4.69) is 230 Å². The Balaban J connectivity index is 1.24. The van der Waals surface area contributed by atoms with Gasteiger partial charge in [0.25, 0.3) is 0 Å². The zero-order chi connectivity index (χ0) is 41.7. The molecule has 0 aliphatic heterocycles. The molecule has 8 rings (SSSR count). The molecule has 2 heterocycles. The van der Waals surface area contributed by atoms with Gasteiger partial charge in [-0.2, -0.15) is 0 Å². The topological polar surface area (TPSA) is 42.3 Å². The van der Waals surface area contributed by atoms with Crippen LogP contribution in [0.3, 0.4) is 0 Å². The van der Waals surface area contributed by atoms with Gasteiger partial charge < -0.3 is 15.0 Å². The third-order valence-electron chi connectivity index (χ3n) is 11.3. The van der Waals surface area contributed by atoms with Gasteiger partial charge in [0, 0.05) is 47.5 Å². The lowest BCUT2D eigenvalue weighted by atomic mass is 9.86. The maximum Gasteiger partial charge on any atom is 0.137 e. The molecule has 0 atom stereocenters. The van der Waals surface area contributed by atoms with E-state index >= 15 is 0 Å². The van der Waals surface area contributed by atoms with Crippen LogP contribution in [0.2, 0.25) is 0 Å². The fourth-order valence-corrected chi connectivity index (χ4v) is 7.78. The van der Waals surface area contributed by atoms with Gasteiger partial charge in [-0.15, -0.1) is 0 Å². The first-order valence-corrected chi connectivity index (χ1v) is 20.7. The van der Waals surface area contributed by atoms with Gasteiger partial charge in [0.2, 0.25) is 0 Å². The average molecular weight is 777 g/mol. The predicted octanol–water partition coefficient (Wildman–Crippen LogP) is 15.0. The van der Waals surface area contributed by atoms with Crippen LogP contribution >= 0.6 is 0 Å². The zero-order valence-corrected chi connectivity index (χ0v) is 36.2. The maximum atomic E-state index is 6.91. The normalized spacial score (nSPS) is 12.2. The fourth-order valence-electron chi connectivity index (χ4n) is 7.78. The first kappa shape index (κ1) is 39.5. The van der Waals surface area contributed by atoms with Crippen LogP contribution in [0, 0.1) is 0 Å². The summed E-state index contributed by atoms with van der Waals surface area (Å²) in [4.78, 5) is 7.17. The van der Waals surface area contributed by atoms with E-state index in [-0.39, 0.29) is 16.2 Å². The minimum Gasteiger partial charge on any atom is -0.457 e. The molecule has 0 aliphatic carbocycles. The molecule has 2 aromatic heterocycles. The molecule has 0 aliphatic rings. The third-order valence-corrected chi connectivity index (χ3v) is 11.3. The van der Waals surface area contributed by atoms with Crippen LogP contribution < -0.4 is 15.0 Å². The summed E-state index contributed by atoms with van der Waals surface area (Å²) in [6.45, 7) is 20.3. The van der Waals surface area contributed by atoms with Gasteiger partial charge in [-0.25, -0.2) is 4.98 Å². The summed E-state index contributed by atoms with van der Waals surface area (Å²) >= 11 is 0. The van der Waals surface area contributed by atoms with Crippen molar-refractivity contribution in [3.05, 3.63) is 168 Å². The molecule has 59 heavy (non-hydrogen) atoms. The highest BCUT2D eigenvalue weighted by Gasteiger charge is 2.22. The molecular weight excluding hydrogens is 721 g/mol. The number of nitrogens with zero attached hydrogens (tertiary/aromatic N) is 3. The summed E-state index contributed by atoms with van der Waals surface area (Å²) in [5.41, 5.74) is 12.3. The Morgan fingerprint density at radius 2 is 1.20 bits per heavy atom. The van der Waals surface area contributed by atoms with Gasteiger partial charge >= 0.3 is 0 Å². The monoisotopic (exact) mass is 776 g/mol. The molecule has 0 amide bonds. The highest BCUT2D eigenvalue weighted by atomic mass is 16.5. The fraction of sp³-hybridized carbons (Fsp3) is 0.241. The molecule has 0 saturated carbocycles. The Bertz CT molecular complexity index is 2790. The van der Waals surface area contributed by atoms with E-state index < -0.39 is 0 Å². The molecule has 1 N–H and O–H groups in total. The van der Waals surface area contributed by atoms with E-state index in [1.165, 1.54) is 22.1 Å². The maximum absolute atomic E-state index is 6.91. The number of rotatable bonds is 8. The van der Waals surface area contributed by atoms with Crippen molar-refractivity contribution >= 4 is 44.6 Å². The summed E-state index contributed by atoms with van der Waals surface area (Å²) in [5, 5.41) is 6.13. The largest absolute Gasteiger partial charge is 0.457 e. The van der Waals surface area contributed by atoms with Gasteiger partial charge in [-0.05, 0) is 111 Å². The van der Waals surface area contributed by atoms with Crippen molar-refractivity contribution < 1.29 is 4.74 Å². The molecule has 8 aromatic rings. The van der Waals surface area contributed by atoms with Gasteiger partial charge in [0.15, 0.2) is 0 Å². The highest BCUT2D eigenvalue weighted by molar-refractivity contribution is 6.09. The van der Waals surface area contributed by atoms with E-state index in [9.17, 15) is 0 Å². The second-order valence-electron chi connectivity index (χ2n) is 18.9. The number of aromatic nitrogens is 2. The number of nitrogens with one attached hydrogen (secondary N) is 1. The first-order valence-electron chi connectivity index (χ1n) is 20.7. The quantitative estimate of drug-likeness (QED) is 0.167. The molecule has 0 unspecified atom stereocenters. The molecule has 5 heteroatoms. The summed E-state index contributed by atoms with van der Waals surface area (Å²) in [6, 6.07) is 51.9. The summed E-state index contributed by atoms with van der Waals surface area (Å²) < 4.78 is 9.18. The van der Waals surface area contributed by atoms with Crippen LogP contribution in [0.25, 0.3) is 38.8 Å². The minimum absolute atomic E-state index is 0.0123. The Morgan fingerprint density at radius 1 is 0.525 bits per heavy atom. The van der Waals surface area contributed by atoms with Crippen molar-refractivity contribution in [1.29, 1.82) is 0 Å². The Kier molecular flexibility index (Phi) is 10.1. The van der Waals surface area contributed by atoms with E-state index in [0.717, 1.165) is 67.6 Å². The molecular formula is C54H56N4O. The van der Waals surface area contributed by atoms with E-state index in [0.29, 0.717) is 0 Å². The van der Waals surface area contributed by atoms with Gasteiger partial charge in [-0.3, -0.25) is 4.57 Å². The van der Waals surface area contributed by atoms with Gasteiger partial charge in [-0.1, -0.05) is 129 Å². The molecule has 0 bridgehead atoms. The third kappa shape index (κ3) is 8.20. The second kappa shape index (κ2) is 15.1. The van der Waals surface area contributed by atoms with Crippen LogP contribution in [0.15, 0.2) is 152 Å². The van der Waals surface area contributed by atoms with Crippen LogP contribution in [0.5, 0.6) is 11.5 Å². The van der Waals surface area contributed by atoms with E-state index in [1.54, 1.807) is 0 Å². The summed E-state index contributed by atoms with van der Waals surface area (Å²) in [6.07, 6.45) is 1.92. The summed E-state index contributed by atoms with van der Waals surface area (Å²) in [5.74, 6) is 2.40. The van der Waals surface area contributed by atoms with E-state index in [1.807, 2.05) is 6.20 Å². The number of fused-ring (bicyclic) bond motifs is 3. The Hall–Kier alpha value is -6.33. The predicted molar refractivity (Wildman–Crippen MR) is 251 cm³/mol. The van der Waals surface area contributed by atoms with E-state index in [4.69, 9.17) is 9.72 Å². The lowest BCUT2D eigenvalue weighted by molar-refractivity contribution is 0.483. The second-order valence-corrected chi connectivity index (χ2v) is 18.9. The van der Waals surface area contributed by atoms with Crippen molar-refractivity contribution in [3.8, 4) is 28.4 Å². The number of hydrogen-bond donors (Lipinski definition) is 1. The lowest BCUT2D eigenvalue weighted by Crippen LogP contribution is -2.16. The van der Waals surface area contributed by atoms with Crippen molar-refractivity contribution in [3.63, 3.8) is 0 Å². The number of pyridine rings is 1. The Morgan fingerprint density at radius 3 is 1.95 bits per heavy atom. The molecule has 298 valence electrons. The molecule has 0 saturated heterocycles. The first-order chi connectivity index (χ1) is 28.0. The van der Waals surface area contributed by atoms with Crippen molar-refractivity contribution in [2.75, 3.05) is 17.3 Å². The van der Waals surface area contributed by atoms with Crippen molar-refractivity contribution in [2.45, 2.75) is 78.6 Å². The molecule has 0 spiro atoms. The summed E-state index contributed by atoms with van der Waals surface area (Å²) in [7, 11) is 2.15. The number of ether oxygens (including phenoxy) is 1. The number of benzene rings is 6. The SMILES string of the molecule is CN(c1cc(Oc2ccc3c4ccccc4n(-c4cc(C(C)(C)C)ccn4)c3c2)cc(-c2ccccc2)c1)c1cc(C(C)(C)C)ccc1Nc1cccc(C(C)(C)C)c1. The number of anilines is 4. The van der Waals surface area contributed by atoms with Crippen molar-refractivity contribution in [2.24, 2.45) is 0 Å². The number of para-hydroxylation sites is 1. The smallest absolute Gasteiger partial charge is 0.137 e. The molecule has 6 aromatic carbocycles. The van der Waals surface area contributed by atoms with Gasteiger partial charge in [0.1, 0.15) is 17.3 Å². The number of hydrogen-bond acceptors (Lipinski definition) is 4. The lowest BCUT2D eigenvalue weighted by Gasteiger charge is -2.28. The Labute approximate surface area is 350 Å². The van der Waals surface area contributed by atoms with Gasteiger partial charge in [0.05, 0.1) is 22.4 Å².